The number of carbonyl (C=O) groups is 1. The maximum absolute atomic E-state index is 12.1. The summed E-state index contributed by atoms with van der Waals surface area (Å²) in [6.07, 6.45) is 0.0665. The van der Waals surface area contributed by atoms with Gasteiger partial charge in [0.05, 0.1) is 23.6 Å². The number of oxazole rings is 1. The number of hydrogen-bond donors (Lipinski definition) is 0. The molecule has 0 saturated carbocycles. The minimum absolute atomic E-state index is 0.0665. The Morgan fingerprint density at radius 3 is 2.53 bits per heavy atom. The van der Waals surface area contributed by atoms with Crippen molar-refractivity contribution in [1.29, 1.82) is 5.26 Å². The number of hydrogen-bond acceptors (Lipinski definition) is 5. The molecule has 148 valence electrons. The normalized spacial score (nSPS) is 10.6. The maximum Gasteiger partial charge on any atom is 0.419 e. The summed E-state index contributed by atoms with van der Waals surface area (Å²) in [7, 11) is 0. The molecule has 1 heterocycles. The summed E-state index contributed by atoms with van der Waals surface area (Å²) in [6, 6.07) is 24.2. The Balaban J connectivity index is 1.35. The van der Waals surface area contributed by atoms with Crippen LogP contribution in [0.3, 0.4) is 0 Å². The number of esters is 1. The van der Waals surface area contributed by atoms with Gasteiger partial charge >= 0.3 is 11.7 Å². The minimum Gasteiger partial charge on any atom is -0.461 e. The van der Waals surface area contributed by atoms with E-state index >= 15 is 0 Å². The molecule has 0 N–H and O–H groups in total. The highest BCUT2D eigenvalue weighted by Crippen LogP contribution is 2.23. The van der Waals surface area contributed by atoms with Gasteiger partial charge < -0.3 is 9.15 Å². The molecule has 30 heavy (non-hydrogen) atoms. The fourth-order valence-corrected chi connectivity index (χ4v) is 3.28. The number of benzene rings is 3. The van der Waals surface area contributed by atoms with Gasteiger partial charge in [0.1, 0.15) is 6.61 Å². The lowest BCUT2D eigenvalue weighted by molar-refractivity contribution is -0.145. The molecule has 1 aromatic heterocycles. The predicted octanol–water partition coefficient (Wildman–Crippen LogP) is 4.27. The molecule has 0 aliphatic heterocycles. The van der Waals surface area contributed by atoms with Crippen LogP contribution in [0, 0.1) is 11.3 Å². The van der Waals surface area contributed by atoms with Gasteiger partial charge in [0, 0.05) is 6.54 Å². The fraction of sp³-hybridized carbons (Fsp3) is 0.125. The Morgan fingerprint density at radius 2 is 1.73 bits per heavy atom. The van der Waals surface area contributed by atoms with Crippen LogP contribution in [0.5, 0.6) is 0 Å². The summed E-state index contributed by atoms with van der Waals surface area (Å²) >= 11 is 0. The standard InChI is InChI=1S/C24H18N2O4/c25-15-19-5-1-2-6-20(19)18-11-9-17(10-12-18)16-29-23(27)13-14-26-21-7-3-4-8-22(21)30-24(26)28/h1-12H,13-14,16H2. The number of carbonyl (C=O) groups excluding carboxylic acids is 1. The topological polar surface area (TPSA) is 85.2 Å². The van der Waals surface area contributed by atoms with Gasteiger partial charge in [-0.2, -0.15) is 5.26 Å². The zero-order chi connectivity index (χ0) is 20.9. The van der Waals surface area contributed by atoms with E-state index in [2.05, 4.69) is 6.07 Å². The summed E-state index contributed by atoms with van der Waals surface area (Å²) in [6.45, 7) is 0.332. The van der Waals surface area contributed by atoms with Gasteiger partial charge in [-0.15, -0.1) is 0 Å². The average Bonchev–Trinajstić information content (AvgIpc) is 3.11. The molecule has 4 aromatic rings. The number of nitriles is 1. The van der Waals surface area contributed by atoms with Crippen molar-refractivity contribution >= 4 is 17.1 Å². The van der Waals surface area contributed by atoms with E-state index in [-0.39, 0.29) is 19.6 Å². The number of aromatic nitrogens is 1. The van der Waals surface area contributed by atoms with Gasteiger partial charge in [-0.1, -0.05) is 54.6 Å². The van der Waals surface area contributed by atoms with Gasteiger partial charge in [-0.05, 0) is 34.9 Å². The Kier molecular flexibility index (Phi) is 5.44. The van der Waals surface area contributed by atoms with Crippen LogP contribution in [0.2, 0.25) is 0 Å². The SMILES string of the molecule is N#Cc1ccccc1-c1ccc(COC(=O)CCn2c(=O)oc3ccccc32)cc1. The third-order valence-corrected chi connectivity index (χ3v) is 4.83. The molecule has 0 bridgehead atoms. The Morgan fingerprint density at radius 1 is 1.00 bits per heavy atom. The minimum atomic E-state index is -0.489. The molecule has 0 fully saturated rings. The van der Waals surface area contributed by atoms with Gasteiger partial charge in [0.25, 0.3) is 0 Å². The summed E-state index contributed by atoms with van der Waals surface area (Å²) < 4.78 is 11.9. The van der Waals surface area contributed by atoms with Crippen molar-refractivity contribution in [1.82, 2.24) is 4.57 Å². The van der Waals surface area contributed by atoms with E-state index in [1.54, 1.807) is 24.3 Å². The van der Waals surface area contributed by atoms with Crippen LogP contribution in [0.15, 0.2) is 82.0 Å². The van der Waals surface area contributed by atoms with E-state index in [0.29, 0.717) is 16.7 Å². The summed E-state index contributed by atoms with van der Waals surface area (Å²) in [5, 5.41) is 9.24. The number of rotatable bonds is 6. The van der Waals surface area contributed by atoms with Crippen molar-refractivity contribution < 1.29 is 13.9 Å². The Bertz CT molecular complexity index is 1290. The Labute approximate surface area is 172 Å². The number of fused-ring (bicyclic) bond motifs is 1. The predicted molar refractivity (Wildman–Crippen MR) is 111 cm³/mol. The molecule has 0 spiro atoms. The van der Waals surface area contributed by atoms with E-state index in [0.717, 1.165) is 16.7 Å². The lowest BCUT2D eigenvalue weighted by atomic mass is 9.99. The van der Waals surface area contributed by atoms with Crippen LogP contribution in [0.1, 0.15) is 17.5 Å². The first-order chi connectivity index (χ1) is 14.7. The molecule has 0 aliphatic carbocycles. The van der Waals surface area contributed by atoms with Crippen molar-refractivity contribution in [3.05, 3.63) is 94.5 Å². The molecule has 4 rings (SSSR count). The highest BCUT2D eigenvalue weighted by Gasteiger charge is 2.11. The van der Waals surface area contributed by atoms with Crippen LogP contribution in [-0.4, -0.2) is 10.5 Å². The first-order valence-electron chi connectivity index (χ1n) is 9.48. The zero-order valence-electron chi connectivity index (χ0n) is 16.1. The molecule has 6 heteroatoms. The first-order valence-corrected chi connectivity index (χ1v) is 9.48. The first kappa shape index (κ1) is 19.2. The third-order valence-electron chi connectivity index (χ3n) is 4.83. The summed E-state index contributed by atoms with van der Waals surface area (Å²) in [4.78, 5) is 24.1. The molecule has 0 atom stereocenters. The van der Waals surface area contributed by atoms with Crippen molar-refractivity contribution in [2.75, 3.05) is 0 Å². The summed E-state index contributed by atoms with van der Waals surface area (Å²) in [5.74, 6) is -0.886. The fourth-order valence-electron chi connectivity index (χ4n) is 3.28. The van der Waals surface area contributed by atoms with Gasteiger partial charge in [0.2, 0.25) is 0 Å². The van der Waals surface area contributed by atoms with Gasteiger partial charge in [-0.3, -0.25) is 9.36 Å². The Hall–Kier alpha value is -4.11. The van der Waals surface area contributed by atoms with Crippen molar-refractivity contribution in [2.24, 2.45) is 0 Å². The lowest BCUT2D eigenvalue weighted by Crippen LogP contribution is -2.17. The molecular weight excluding hydrogens is 380 g/mol. The number of para-hydroxylation sites is 2. The van der Waals surface area contributed by atoms with Crippen molar-refractivity contribution in [3.8, 4) is 17.2 Å². The largest absolute Gasteiger partial charge is 0.461 e. The van der Waals surface area contributed by atoms with Crippen molar-refractivity contribution in [2.45, 2.75) is 19.6 Å². The van der Waals surface area contributed by atoms with Crippen LogP contribution < -0.4 is 5.76 Å². The molecule has 3 aromatic carbocycles. The quantitative estimate of drug-likeness (QED) is 0.453. The van der Waals surface area contributed by atoms with E-state index in [1.807, 2.05) is 48.5 Å². The second kappa shape index (κ2) is 8.50. The van der Waals surface area contributed by atoms with E-state index in [9.17, 15) is 14.9 Å². The van der Waals surface area contributed by atoms with Gasteiger partial charge in [0.15, 0.2) is 5.58 Å². The van der Waals surface area contributed by atoms with Crippen LogP contribution in [-0.2, 0) is 22.7 Å². The highest BCUT2D eigenvalue weighted by molar-refractivity contribution is 5.74. The number of nitrogens with zero attached hydrogens (tertiary/aromatic N) is 2. The molecule has 0 unspecified atom stereocenters. The number of ether oxygens (including phenoxy) is 1. The second-order valence-electron chi connectivity index (χ2n) is 6.75. The second-order valence-corrected chi connectivity index (χ2v) is 6.75. The molecular formula is C24H18N2O4. The average molecular weight is 398 g/mol. The molecule has 0 amide bonds. The molecule has 0 radical (unpaired) electrons. The van der Waals surface area contributed by atoms with E-state index < -0.39 is 11.7 Å². The van der Waals surface area contributed by atoms with E-state index in [1.165, 1.54) is 4.57 Å². The molecule has 0 aliphatic rings. The van der Waals surface area contributed by atoms with Crippen LogP contribution >= 0.6 is 0 Å². The van der Waals surface area contributed by atoms with E-state index in [4.69, 9.17) is 9.15 Å². The summed E-state index contributed by atoms with van der Waals surface area (Å²) in [5.41, 5.74) is 4.39. The highest BCUT2D eigenvalue weighted by atomic mass is 16.5. The monoisotopic (exact) mass is 398 g/mol. The van der Waals surface area contributed by atoms with Gasteiger partial charge in [-0.25, -0.2) is 4.79 Å². The van der Waals surface area contributed by atoms with Crippen LogP contribution in [0.4, 0.5) is 0 Å². The third kappa shape index (κ3) is 4.01. The zero-order valence-corrected chi connectivity index (χ0v) is 16.1. The van der Waals surface area contributed by atoms with Crippen molar-refractivity contribution in [3.63, 3.8) is 0 Å². The smallest absolute Gasteiger partial charge is 0.419 e. The molecule has 0 saturated heterocycles. The lowest BCUT2D eigenvalue weighted by Gasteiger charge is -2.08. The molecule has 6 nitrogen and oxygen atoms in total. The van der Waals surface area contributed by atoms with Crippen LogP contribution in [0.25, 0.3) is 22.2 Å². The maximum atomic E-state index is 12.1. The number of aryl methyl sites for hydroxylation is 1.